The second-order valence-electron chi connectivity index (χ2n) is 4.18. The highest BCUT2D eigenvalue weighted by atomic mass is 19.4. The summed E-state index contributed by atoms with van der Waals surface area (Å²) >= 11 is 0. The van der Waals surface area contributed by atoms with Gasteiger partial charge in [-0.1, -0.05) is 12.1 Å². The van der Waals surface area contributed by atoms with E-state index in [1.165, 1.54) is 18.5 Å². The molecule has 0 saturated heterocycles. The monoisotopic (exact) mass is 267 g/mol. The van der Waals surface area contributed by atoms with Crippen molar-refractivity contribution in [3.8, 4) is 0 Å². The second-order valence-corrected chi connectivity index (χ2v) is 4.18. The van der Waals surface area contributed by atoms with Crippen molar-refractivity contribution in [1.29, 1.82) is 0 Å². The van der Waals surface area contributed by atoms with Gasteiger partial charge in [0.15, 0.2) is 0 Å². The van der Waals surface area contributed by atoms with Gasteiger partial charge in [-0.15, -0.1) is 0 Å². The molecule has 3 nitrogen and oxygen atoms in total. The molecule has 1 aromatic heterocycles. The summed E-state index contributed by atoms with van der Waals surface area (Å²) in [4.78, 5) is 8.11. The lowest BCUT2D eigenvalue weighted by atomic mass is 10.0. The molecule has 2 N–H and O–H groups in total. The molecule has 0 amide bonds. The largest absolute Gasteiger partial charge is 0.416 e. The van der Waals surface area contributed by atoms with Crippen LogP contribution in [0.4, 0.5) is 13.2 Å². The minimum atomic E-state index is -4.38. The van der Waals surface area contributed by atoms with E-state index in [-0.39, 0.29) is 0 Å². The van der Waals surface area contributed by atoms with E-state index >= 15 is 0 Å². The van der Waals surface area contributed by atoms with Gasteiger partial charge in [-0.05, 0) is 24.6 Å². The summed E-state index contributed by atoms with van der Waals surface area (Å²) in [6, 6.07) is 4.19. The Morgan fingerprint density at radius 3 is 2.47 bits per heavy atom. The van der Waals surface area contributed by atoms with Crippen molar-refractivity contribution in [2.75, 3.05) is 0 Å². The van der Waals surface area contributed by atoms with E-state index in [0.717, 1.165) is 17.8 Å². The highest BCUT2D eigenvalue weighted by Crippen LogP contribution is 2.31. The fourth-order valence-corrected chi connectivity index (χ4v) is 1.64. The predicted octanol–water partition coefficient (Wildman–Crippen LogP) is 2.85. The molecule has 19 heavy (non-hydrogen) atoms. The Bertz CT molecular complexity index is 564. The molecule has 0 aliphatic carbocycles. The van der Waals surface area contributed by atoms with Gasteiger partial charge >= 0.3 is 6.18 Å². The van der Waals surface area contributed by atoms with Gasteiger partial charge in [-0.3, -0.25) is 9.97 Å². The third-order valence-electron chi connectivity index (χ3n) is 2.69. The molecule has 2 aromatic rings. The van der Waals surface area contributed by atoms with Crippen LogP contribution in [-0.2, 0) is 6.18 Å². The van der Waals surface area contributed by atoms with Crippen LogP contribution in [0.1, 0.15) is 28.6 Å². The first-order chi connectivity index (χ1) is 8.88. The van der Waals surface area contributed by atoms with Gasteiger partial charge in [0.25, 0.3) is 0 Å². The summed E-state index contributed by atoms with van der Waals surface area (Å²) in [6.07, 6.45) is -1.38. The number of nitrogens with zero attached hydrogens (tertiary/aromatic N) is 2. The summed E-state index contributed by atoms with van der Waals surface area (Å²) in [5.74, 6) is 0. The molecule has 0 spiro atoms. The van der Waals surface area contributed by atoms with Crippen molar-refractivity contribution in [3.63, 3.8) is 0 Å². The standard InChI is InChI=1S/C13H12F3N3/c1-8-6-19-11(7-18-8)12(17)9-3-2-4-10(5-9)13(14,15)16/h2-7,12H,17H2,1H3. The number of alkyl halides is 3. The smallest absolute Gasteiger partial charge is 0.319 e. The summed E-state index contributed by atoms with van der Waals surface area (Å²) < 4.78 is 37.9. The number of hydrogen-bond acceptors (Lipinski definition) is 3. The summed E-state index contributed by atoms with van der Waals surface area (Å²) in [6.45, 7) is 1.77. The van der Waals surface area contributed by atoms with Crippen LogP contribution in [0.2, 0.25) is 0 Å². The van der Waals surface area contributed by atoms with Crippen molar-refractivity contribution in [2.24, 2.45) is 5.73 Å². The zero-order chi connectivity index (χ0) is 14.0. The Morgan fingerprint density at radius 1 is 1.16 bits per heavy atom. The van der Waals surface area contributed by atoms with Gasteiger partial charge in [-0.2, -0.15) is 13.2 Å². The molecular formula is C13H12F3N3. The first-order valence-electron chi connectivity index (χ1n) is 5.59. The van der Waals surface area contributed by atoms with E-state index in [4.69, 9.17) is 5.73 Å². The van der Waals surface area contributed by atoms with E-state index in [1.54, 1.807) is 13.0 Å². The number of aromatic nitrogens is 2. The third-order valence-corrected chi connectivity index (χ3v) is 2.69. The van der Waals surface area contributed by atoms with E-state index in [1.807, 2.05) is 0 Å². The van der Waals surface area contributed by atoms with E-state index in [0.29, 0.717) is 11.3 Å². The van der Waals surface area contributed by atoms with E-state index in [2.05, 4.69) is 9.97 Å². The minimum absolute atomic E-state index is 0.355. The predicted molar refractivity (Wildman–Crippen MR) is 64.2 cm³/mol. The van der Waals surface area contributed by atoms with Gasteiger partial charge < -0.3 is 5.73 Å². The fourth-order valence-electron chi connectivity index (χ4n) is 1.64. The molecule has 0 aliphatic heterocycles. The zero-order valence-corrected chi connectivity index (χ0v) is 10.1. The molecular weight excluding hydrogens is 255 g/mol. The van der Waals surface area contributed by atoms with Crippen molar-refractivity contribution >= 4 is 0 Å². The Morgan fingerprint density at radius 2 is 1.89 bits per heavy atom. The lowest BCUT2D eigenvalue weighted by Gasteiger charge is -2.14. The Labute approximate surface area is 108 Å². The number of nitrogens with two attached hydrogens (primary N) is 1. The van der Waals surface area contributed by atoms with Gasteiger partial charge in [-0.25, -0.2) is 0 Å². The summed E-state index contributed by atoms with van der Waals surface area (Å²) in [5, 5.41) is 0. The number of hydrogen-bond donors (Lipinski definition) is 1. The number of aryl methyl sites for hydroxylation is 1. The third kappa shape index (κ3) is 3.08. The first-order valence-corrected chi connectivity index (χ1v) is 5.59. The molecule has 0 radical (unpaired) electrons. The van der Waals surface area contributed by atoms with Crippen LogP contribution in [0, 0.1) is 6.92 Å². The maximum Gasteiger partial charge on any atom is 0.416 e. The fraction of sp³-hybridized carbons (Fsp3) is 0.231. The SMILES string of the molecule is Cc1cnc(C(N)c2cccc(C(F)(F)F)c2)cn1. The molecule has 0 bridgehead atoms. The van der Waals surface area contributed by atoms with Crippen LogP contribution in [0.15, 0.2) is 36.7 Å². The molecule has 1 aromatic carbocycles. The van der Waals surface area contributed by atoms with Gasteiger partial charge in [0.2, 0.25) is 0 Å². The molecule has 100 valence electrons. The average molecular weight is 267 g/mol. The van der Waals surface area contributed by atoms with Crippen LogP contribution in [0.25, 0.3) is 0 Å². The average Bonchev–Trinajstić information content (AvgIpc) is 2.38. The summed E-state index contributed by atoms with van der Waals surface area (Å²) in [7, 11) is 0. The Balaban J connectivity index is 2.34. The molecule has 1 atom stereocenters. The molecule has 0 fully saturated rings. The number of benzene rings is 1. The van der Waals surface area contributed by atoms with Crippen LogP contribution in [-0.4, -0.2) is 9.97 Å². The molecule has 0 saturated carbocycles. The van der Waals surface area contributed by atoms with Crippen molar-refractivity contribution < 1.29 is 13.2 Å². The lowest BCUT2D eigenvalue weighted by molar-refractivity contribution is -0.137. The Hall–Kier alpha value is -1.95. The van der Waals surface area contributed by atoms with Crippen molar-refractivity contribution in [3.05, 3.63) is 59.2 Å². The van der Waals surface area contributed by atoms with E-state index in [9.17, 15) is 13.2 Å². The molecule has 1 heterocycles. The van der Waals surface area contributed by atoms with Gasteiger partial charge in [0.05, 0.1) is 29.2 Å². The van der Waals surface area contributed by atoms with E-state index < -0.39 is 17.8 Å². The van der Waals surface area contributed by atoms with Crippen molar-refractivity contribution in [1.82, 2.24) is 9.97 Å². The second kappa shape index (κ2) is 4.97. The molecule has 1 unspecified atom stereocenters. The topological polar surface area (TPSA) is 51.8 Å². The zero-order valence-electron chi connectivity index (χ0n) is 10.1. The molecule has 0 aliphatic rings. The number of halogens is 3. The quantitative estimate of drug-likeness (QED) is 0.910. The van der Waals surface area contributed by atoms with Crippen LogP contribution >= 0.6 is 0 Å². The Kier molecular flexibility index (Phi) is 3.53. The van der Waals surface area contributed by atoms with Crippen LogP contribution < -0.4 is 5.73 Å². The molecule has 6 heteroatoms. The minimum Gasteiger partial charge on any atom is -0.319 e. The molecule has 2 rings (SSSR count). The van der Waals surface area contributed by atoms with Gasteiger partial charge in [0, 0.05) is 6.20 Å². The lowest BCUT2D eigenvalue weighted by Crippen LogP contribution is -2.15. The summed E-state index contributed by atoms with van der Waals surface area (Å²) in [5.41, 5.74) is 6.70. The normalized spacial score (nSPS) is 13.3. The maximum atomic E-state index is 12.6. The number of rotatable bonds is 2. The van der Waals surface area contributed by atoms with Gasteiger partial charge in [0.1, 0.15) is 0 Å². The highest BCUT2D eigenvalue weighted by molar-refractivity contribution is 5.31. The first kappa shape index (κ1) is 13.5. The maximum absolute atomic E-state index is 12.6. The van der Waals surface area contributed by atoms with Crippen LogP contribution in [0.3, 0.4) is 0 Å². The van der Waals surface area contributed by atoms with Crippen LogP contribution in [0.5, 0.6) is 0 Å². The van der Waals surface area contributed by atoms with Crippen molar-refractivity contribution in [2.45, 2.75) is 19.1 Å². The highest BCUT2D eigenvalue weighted by Gasteiger charge is 2.30.